The molecule has 0 aromatic heterocycles. The van der Waals surface area contributed by atoms with E-state index in [9.17, 15) is 4.79 Å². The van der Waals surface area contributed by atoms with E-state index in [1.54, 1.807) is 0 Å². The van der Waals surface area contributed by atoms with Crippen molar-refractivity contribution in [2.24, 2.45) is 17.8 Å². The van der Waals surface area contributed by atoms with E-state index in [4.69, 9.17) is 9.47 Å². The lowest BCUT2D eigenvalue weighted by molar-refractivity contribution is -0.00618. The van der Waals surface area contributed by atoms with Gasteiger partial charge in [-0.1, -0.05) is 12.1 Å². The summed E-state index contributed by atoms with van der Waals surface area (Å²) in [5.41, 5.74) is 3.74. The maximum Gasteiger partial charge on any atom is 0.337 e. The molecule has 4 aliphatic rings. The normalized spacial score (nSPS) is 29.1. The number of rotatable bonds is 6. The van der Waals surface area contributed by atoms with Gasteiger partial charge in [0.2, 0.25) is 0 Å². The van der Waals surface area contributed by atoms with Gasteiger partial charge in [0.15, 0.2) is 0 Å². The Kier molecular flexibility index (Phi) is 5.30. The van der Waals surface area contributed by atoms with Crippen molar-refractivity contribution in [2.75, 3.05) is 14.2 Å². The number of carbonyl (C=O) groups is 1. The van der Waals surface area contributed by atoms with Crippen molar-refractivity contribution in [3.8, 4) is 5.75 Å². The van der Waals surface area contributed by atoms with Crippen molar-refractivity contribution < 1.29 is 14.3 Å². The third kappa shape index (κ3) is 3.64. The molecule has 30 heavy (non-hydrogen) atoms. The van der Waals surface area contributed by atoms with E-state index in [0.29, 0.717) is 11.0 Å². The zero-order valence-corrected chi connectivity index (χ0v) is 18.7. The van der Waals surface area contributed by atoms with Gasteiger partial charge < -0.3 is 9.47 Å². The summed E-state index contributed by atoms with van der Waals surface area (Å²) in [5.74, 6) is 4.47. The molecule has 0 saturated heterocycles. The van der Waals surface area contributed by atoms with Gasteiger partial charge in [-0.2, -0.15) is 0 Å². The van der Waals surface area contributed by atoms with Gasteiger partial charge in [-0.05, 0) is 97.6 Å². The fourth-order valence-corrected chi connectivity index (χ4v) is 7.51. The van der Waals surface area contributed by atoms with E-state index >= 15 is 0 Å². The minimum atomic E-state index is -0.290. The molecule has 2 aromatic carbocycles. The number of hydrogen-bond donors (Lipinski definition) is 0. The number of hydrogen-bond acceptors (Lipinski definition) is 4. The first-order valence-corrected chi connectivity index (χ1v) is 12.1. The Morgan fingerprint density at radius 1 is 0.967 bits per heavy atom. The number of esters is 1. The zero-order chi connectivity index (χ0) is 20.7. The maximum absolute atomic E-state index is 11.6. The van der Waals surface area contributed by atoms with Crippen molar-refractivity contribution in [1.29, 1.82) is 0 Å². The van der Waals surface area contributed by atoms with Crippen LogP contribution in [0.25, 0.3) is 0 Å². The van der Waals surface area contributed by atoms with E-state index in [0.717, 1.165) is 34.2 Å². The van der Waals surface area contributed by atoms with Crippen LogP contribution in [0, 0.1) is 17.8 Å². The molecule has 0 N–H and O–H groups in total. The largest absolute Gasteiger partial charge is 0.496 e. The molecule has 4 bridgehead atoms. The SMILES string of the molecule is COC(=O)c1ccc(SCc2ccc(OC)c(C34CC5CC(CC(C5)C3)C4)c2)cc1. The van der Waals surface area contributed by atoms with Gasteiger partial charge >= 0.3 is 5.97 Å². The Labute approximate surface area is 183 Å². The molecule has 0 spiro atoms. The van der Waals surface area contributed by atoms with Crippen molar-refractivity contribution in [3.05, 3.63) is 59.2 Å². The Morgan fingerprint density at radius 2 is 1.60 bits per heavy atom. The van der Waals surface area contributed by atoms with Crippen LogP contribution in [-0.4, -0.2) is 20.2 Å². The van der Waals surface area contributed by atoms with Gasteiger partial charge in [-0.3, -0.25) is 0 Å². The third-order valence-corrected chi connectivity index (χ3v) is 8.64. The monoisotopic (exact) mass is 422 g/mol. The Bertz CT molecular complexity index is 899. The summed E-state index contributed by atoms with van der Waals surface area (Å²) in [6, 6.07) is 14.5. The minimum absolute atomic E-state index is 0.290. The molecule has 4 fully saturated rings. The summed E-state index contributed by atoms with van der Waals surface area (Å²) in [4.78, 5) is 12.8. The van der Waals surface area contributed by atoms with Gasteiger partial charge in [-0.15, -0.1) is 11.8 Å². The quantitative estimate of drug-likeness (QED) is 0.408. The van der Waals surface area contributed by atoms with E-state index in [2.05, 4.69) is 18.2 Å². The van der Waals surface area contributed by atoms with Gasteiger partial charge in [0.1, 0.15) is 5.75 Å². The lowest BCUT2D eigenvalue weighted by atomic mass is 9.48. The van der Waals surface area contributed by atoms with E-state index in [1.165, 1.54) is 56.8 Å². The summed E-state index contributed by atoms with van der Waals surface area (Å²) in [6.07, 6.45) is 8.42. The molecule has 0 amide bonds. The average molecular weight is 423 g/mol. The molecule has 0 radical (unpaired) electrons. The Balaban J connectivity index is 1.36. The molecule has 4 saturated carbocycles. The summed E-state index contributed by atoms with van der Waals surface area (Å²) in [7, 11) is 3.23. The average Bonchev–Trinajstić information content (AvgIpc) is 2.76. The second-order valence-electron chi connectivity index (χ2n) is 9.54. The molecule has 6 rings (SSSR count). The van der Waals surface area contributed by atoms with Gasteiger partial charge in [-0.25, -0.2) is 4.79 Å². The molecule has 0 unspecified atom stereocenters. The number of benzene rings is 2. The van der Waals surface area contributed by atoms with Crippen molar-refractivity contribution in [2.45, 2.75) is 54.6 Å². The summed E-state index contributed by atoms with van der Waals surface area (Å²) in [5, 5.41) is 0. The first kappa shape index (κ1) is 20.0. The predicted molar refractivity (Wildman–Crippen MR) is 120 cm³/mol. The molecule has 158 valence electrons. The molecular weight excluding hydrogens is 392 g/mol. The lowest BCUT2D eigenvalue weighted by Gasteiger charge is -2.57. The molecule has 4 aliphatic carbocycles. The molecule has 0 aliphatic heterocycles. The Hall–Kier alpha value is -1.94. The van der Waals surface area contributed by atoms with E-state index in [1.807, 2.05) is 43.1 Å². The first-order valence-electron chi connectivity index (χ1n) is 11.1. The van der Waals surface area contributed by atoms with Crippen LogP contribution in [-0.2, 0) is 15.9 Å². The van der Waals surface area contributed by atoms with Crippen molar-refractivity contribution in [3.63, 3.8) is 0 Å². The molecule has 2 aromatic rings. The van der Waals surface area contributed by atoms with Crippen LogP contribution in [0.15, 0.2) is 47.4 Å². The maximum atomic E-state index is 11.6. The van der Waals surface area contributed by atoms with Gasteiger partial charge in [0, 0.05) is 16.2 Å². The highest BCUT2D eigenvalue weighted by atomic mass is 32.2. The summed E-state index contributed by atoms with van der Waals surface area (Å²) in [6.45, 7) is 0. The number of methoxy groups -OCH3 is 2. The molecule has 0 atom stereocenters. The second-order valence-corrected chi connectivity index (χ2v) is 10.6. The molecule has 0 heterocycles. The summed E-state index contributed by atoms with van der Waals surface area (Å²) >= 11 is 1.81. The van der Waals surface area contributed by atoms with Crippen LogP contribution < -0.4 is 4.74 Å². The highest BCUT2D eigenvalue weighted by molar-refractivity contribution is 7.98. The van der Waals surface area contributed by atoms with Gasteiger partial charge in [0.05, 0.1) is 19.8 Å². The molecular formula is C26H30O3S. The van der Waals surface area contributed by atoms with Crippen LogP contribution in [0.5, 0.6) is 5.75 Å². The highest BCUT2D eigenvalue weighted by Crippen LogP contribution is 2.62. The third-order valence-electron chi connectivity index (χ3n) is 7.55. The Morgan fingerprint density at radius 3 is 2.17 bits per heavy atom. The van der Waals surface area contributed by atoms with E-state index in [-0.39, 0.29) is 5.97 Å². The highest BCUT2D eigenvalue weighted by Gasteiger charge is 2.52. The van der Waals surface area contributed by atoms with Crippen LogP contribution in [0.1, 0.15) is 60.0 Å². The topological polar surface area (TPSA) is 35.5 Å². The predicted octanol–water partition coefficient (Wildman–Crippen LogP) is 6.24. The summed E-state index contributed by atoms with van der Waals surface area (Å²) < 4.78 is 10.6. The van der Waals surface area contributed by atoms with Gasteiger partial charge in [0.25, 0.3) is 0 Å². The molecule has 4 heteroatoms. The second kappa shape index (κ2) is 7.96. The number of thioether (sulfide) groups is 1. The van der Waals surface area contributed by atoms with Crippen LogP contribution in [0.3, 0.4) is 0 Å². The first-order chi connectivity index (χ1) is 14.6. The van der Waals surface area contributed by atoms with Crippen molar-refractivity contribution >= 4 is 17.7 Å². The minimum Gasteiger partial charge on any atom is -0.496 e. The molecule has 3 nitrogen and oxygen atoms in total. The fourth-order valence-electron chi connectivity index (χ4n) is 6.67. The van der Waals surface area contributed by atoms with Crippen molar-refractivity contribution in [1.82, 2.24) is 0 Å². The number of ether oxygens (including phenoxy) is 2. The van der Waals surface area contributed by atoms with Crippen LogP contribution >= 0.6 is 11.8 Å². The fraction of sp³-hybridized carbons (Fsp3) is 0.500. The van der Waals surface area contributed by atoms with Crippen LogP contribution in [0.4, 0.5) is 0 Å². The van der Waals surface area contributed by atoms with E-state index < -0.39 is 0 Å². The smallest absolute Gasteiger partial charge is 0.337 e. The lowest BCUT2D eigenvalue weighted by Crippen LogP contribution is -2.48. The standard InChI is InChI=1S/C26H30O3S/c1-28-24-8-3-17(16-30-22-6-4-21(5-7-22)25(27)29-2)12-23(24)26-13-18-9-19(14-26)11-20(10-18)15-26/h3-8,12,18-20H,9-11,13-16H2,1-2H3. The number of carbonyl (C=O) groups excluding carboxylic acids is 1. The zero-order valence-electron chi connectivity index (χ0n) is 17.9. The van der Waals surface area contributed by atoms with Crippen LogP contribution in [0.2, 0.25) is 0 Å².